The maximum atomic E-state index is 14.2. The van der Waals surface area contributed by atoms with Crippen LogP contribution in [0.15, 0.2) is 40.0 Å². The molecule has 1 saturated heterocycles. The quantitative estimate of drug-likeness (QED) is 0.313. The minimum absolute atomic E-state index is 0.113. The molecule has 7 nitrogen and oxygen atoms in total. The van der Waals surface area contributed by atoms with E-state index < -0.39 is 5.82 Å². The van der Waals surface area contributed by atoms with Gasteiger partial charge in [0.25, 0.3) is 0 Å². The molecule has 33 heavy (non-hydrogen) atoms. The molecule has 1 aromatic heterocycles. The number of morpholine rings is 1. The molecule has 2 heterocycles. The molecule has 2 N–H and O–H groups in total. The predicted octanol–water partition coefficient (Wildman–Crippen LogP) is 5.65. The summed E-state index contributed by atoms with van der Waals surface area (Å²) in [6.45, 7) is 3.99. The van der Waals surface area contributed by atoms with Gasteiger partial charge in [-0.05, 0) is 24.6 Å². The Hall–Kier alpha value is -2.46. The lowest BCUT2D eigenvalue weighted by Gasteiger charge is -2.27. The lowest BCUT2D eigenvalue weighted by Crippen LogP contribution is -2.37. The van der Waals surface area contributed by atoms with Gasteiger partial charge in [-0.2, -0.15) is 10.1 Å². The Kier molecular flexibility index (Phi) is 7.33. The SMILES string of the molecule is Cc1cccc(Cl)c1-c1c(Br)cc(/C=N/Nc2ncc(F)c(N3CCOCC3)n2)c(O)c1Cl. The molecule has 3 aromatic rings. The third-order valence-electron chi connectivity index (χ3n) is 5.10. The summed E-state index contributed by atoms with van der Waals surface area (Å²) in [6, 6.07) is 7.19. The molecule has 2 aromatic carbocycles. The van der Waals surface area contributed by atoms with E-state index in [1.165, 1.54) is 6.21 Å². The maximum absolute atomic E-state index is 14.2. The van der Waals surface area contributed by atoms with Gasteiger partial charge in [0.15, 0.2) is 11.6 Å². The summed E-state index contributed by atoms with van der Waals surface area (Å²) >= 11 is 16.4. The van der Waals surface area contributed by atoms with Gasteiger partial charge in [-0.25, -0.2) is 14.8 Å². The van der Waals surface area contributed by atoms with Gasteiger partial charge in [-0.3, -0.25) is 0 Å². The molecule has 0 amide bonds. The molecule has 0 unspecified atom stereocenters. The van der Waals surface area contributed by atoms with E-state index in [1.54, 1.807) is 17.0 Å². The van der Waals surface area contributed by atoms with Gasteiger partial charge in [-0.1, -0.05) is 51.3 Å². The number of nitrogens with zero attached hydrogens (tertiary/aromatic N) is 4. The molecule has 0 bridgehead atoms. The zero-order chi connectivity index (χ0) is 23.5. The van der Waals surface area contributed by atoms with Crippen LogP contribution in [0, 0.1) is 12.7 Å². The fourth-order valence-electron chi connectivity index (χ4n) is 3.47. The molecule has 4 rings (SSSR count). The van der Waals surface area contributed by atoms with Crippen LogP contribution < -0.4 is 10.3 Å². The molecule has 172 valence electrons. The molecule has 1 aliphatic heterocycles. The Morgan fingerprint density at radius 2 is 2.03 bits per heavy atom. The summed E-state index contributed by atoms with van der Waals surface area (Å²) in [5.74, 6) is -0.389. The molecule has 0 radical (unpaired) electrons. The van der Waals surface area contributed by atoms with Crippen LogP contribution in [-0.4, -0.2) is 47.6 Å². The van der Waals surface area contributed by atoms with Crippen molar-refractivity contribution in [3.05, 3.63) is 61.9 Å². The number of ether oxygens (including phenoxy) is 1. The van der Waals surface area contributed by atoms with Crippen LogP contribution in [-0.2, 0) is 4.74 Å². The average molecular weight is 555 g/mol. The molecule has 0 aliphatic carbocycles. The van der Waals surface area contributed by atoms with Gasteiger partial charge < -0.3 is 14.7 Å². The lowest BCUT2D eigenvalue weighted by molar-refractivity contribution is 0.122. The molecule has 0 spiro atoms. The number of nitrogens with one attached hydrogen (secondary N) is 1. The number of rotatable bonds is 5. The summed E-state index contributed by atoms with van der Waals surface area (Å²) < 4.78 is 20.1. The van der Waals surface area contributed by atoms with Crippen molar-refractivity contribution in [2.45, 2.75) is 6.92 Å². The first-order chi connectivity index (χ1) is 15.9. The van der Waals surface area contributed by atoms with Gasteiger partial charge >= 0.3 is 0 Å². The Bertz CT molecular complexity index is 1200. The van der Waals surface area contributed by atoms with E-state index in [9.17, 15) is 9.50 Å². The third-order valence-corrected chi connectivity index (χ3v) is 6.41. The smallest absolute Gasteiger partial charge is 0.245 e. The van der Waals surface area contributed by atoms with Crippen molar-refractivity contribution >= 4 is 57.1 Å². The summed E-state index contributed by atoms with van der Waals surface area (Å²) in [4.78, 5) is 9.90. The van der Waals surface area contributed by atoms with E-state index in [2.05, 4.69) is 36.4 Å². The summed E-state index contributed by atoms with van der Waals surface area (Å²) in [5.41, 5.74) is 5.23. The number of aryl methyl sites for hydroxylation is 1. The van der Waals surface area contributed by atoms with Crippen LogP contribution in [0.5, 0.6) is 5.75 Å². The van der Waals surface area contributed by atoms with Crippen molar-refractivity contribution in [3.8, 4) is 16.9 Å². The van der Waals surface area contributed by atoms with E-state index in [1.807, 2.05) is 19.1 Å². The van der Waals surface area contributed by atoms with Crippen molar-refractivity contribution in [1.29, 1.82) is 0 Å². The van der Waals surface area contributed by atoms with Crippen LogP contribution in [0.4, 0.5) is 16.2 Å². The highest BCUT2D eigenvalue weighted by atomic mass is 79.9. The van der Waals surface area contributed by atoms with Crippen LogP contribution in [0.1, 0.15) is 11.1 Å². The fraction of sp³-hybridized carbons (Fsp3) is 0.227. The number of aromatic nitrogens is 2. The second kappa shape index (κ2) is 10.2. The first-order valence-electron chi connectivity index (χ1n) is 9.97. The standard InChI is InChI=1S/C22H19BrCl2FN5O2/c1-12-3-2-4-15(24)17(12)18-14(23)9-13(20(32)19(18)25)10-28-30-22-27-11-16(26)21(29-22)31-5-7-33-8-6-31/h2-4,9-11,32H,5-8H2,1H3,(H,27,29,30)/b28-10+. The maximum Gasteiger partial charge on any atom is 0.245 e. The monoisotopic (exact) mass is 553 g/mol. The van der Waals surface area contributed by atoms with Crippen molar-refractivity contribution in [1.82, 2.24) is 9.97 Å². The minimum atomic E-state index is -0.523. The van der Waals surface area contributed by atoms with Crippen molar-refractivity contribution in [2.24, 2.45) is 5.10 Å². The number of anilines is 2. The third kappa shape index (κ3) is 5.06. The van der Waals surface area contributed by atoms with Crippen LogP contribution in [0.25, 0.3) is 11.1 Å². The number of halogens is 4. The van der Waals surface area contributed by atoms with Crippen molar-refractivity contribution in [2.75, 3.05) is 36.6 Å². The lowest BCUT2D eigenvalue weighted by atomic mass is 9.98. The zero-order valence-corrected chi connectivity index (χ0v) is 20.5. The Morgan fingerprint density at radius 3 is 2.76 bits per heavy atom. The number of hydrogen-bond donors (Lipinski definition) is 2. The van der Waals surface area contributed by atoms with Crippen LogP contribution in [0.3, 0.4) is 0 Å². The number of benzene rings is 2. The van der Waals surface area contributed by atoms with E-state index in [0.717, 1.165) is 17.3 Å². The number of hydrazone groups is 1. The topological polar surface area (TPSA) is 82.9 Å². The van der Waals surface area contributed by atoms with Crippen molar-refractivity contribution in [3.63, 3.8) is 0 Å². The van der Waals surface area contributed by atoms with Gasteiger partial charge in [0.1, 0.15) is 5.75 Å². The average Bonchev–Trinajstić information content (AvgIpc) is 2.80. The largest absolute Gasteiger partial charge is 0.506 e. The second-order valence-corrected chi connectivity index (χ2v) is 8.89. The van der Waals surface area contributed by atoms with Crippen molar-refractivity contribution < 1.29 is 14.2 Å². The molecule has 0 saturated carbocycles. The van der Waals surface area contributed by atoms with Crippen LogP contribution >= 0.6 is 39.1 Å². The molecular weight excluding hydrogens is 536 g/mol. The van der Waals surface area contributed by atoms with Gasteiger partial charge in [0.05, 0.1) is 30.6 Å². The summed E-state index contributed by atoms with van der Waals surface area (Å²) in [7, 11) is 0. The summed E-state index contributed by atoms with van der Waals surface area (Å²) in [5, 5.41) is 15.4. The second-order valence-electron chi connectivity index (χ2n) is 7.25. The number of hydrogen-bond acceptors (Lipinski definition) is 7. The normalized spacial score (nSPS) is 14.2. The Balaban J connectivity index is 1.58. The van der Waals surface area contributed by atoms with Gasteiger partial charge in [0.2, 0.25) is 5.95 Å². The molecular formula is C22H19BrCl2FN5O2. The highest BCUT2D eigenvalue weighted by Gasteiger charge is 2.20. The first kappa shape index (κ1) is 23.7. The fourth-order valence-corrected chi connectivity index (χ4v) is 4.85. The Labute approximate surface area is 208 Å². The van der Waals surface area contributed by atoms with E-state index in [0.29, 0.717) is 46.9 Å². The zero-order valence-electron chi connectivity index (χ0n) is 17.4. The van der Waals surface area contributed by atoms with E-state index in [-0.39, 0.29) is 22.5 Å². The molecule has 11 heteroatoms. The molecule has 1 fully saturated rings. The number of phenols is 1. The Morgan fingerprint density at radius 1 is 1.27 bits per heavy atom. The van der Waals surface area contributed by atoms with Crippen LogP contribution in [0.2, 0.25) is 10.0 Å². The highest BCUT2D eigenvalue weighted by molar-refractivity contribution is 9.10. The van der Waals surface area contributed by atoms with Gasteiger partial charge in [-0.15, -0.1) is 0 Å². The predicted molar refractivity (Wildman–Crippen MR) is 132 cm³/mol. The summed E-state index contributed by atoms with van der Waals surface area (Å²) in [6.07, 6.45) is 2.46. The van der Waals surface area contributed by atoms with Gasteiger partial charge in [0, 0.05) is 39.3 Å². The first-order valence-corrected chi connectivity index (χ1v) is 11.5. The number of aromatic hydroxyl groups is 1. The minimum Gasteiger partial charge on any atom is -0.506 e. The highest BCUT2D eigenvalue weighted by Crippen LogP contribution is 2.45. The van der Waals surface area contributed by atoms with E-state index >= 15 is 0 Å². The number of phenolic OH excluding ortho intramolecular Hbond substituents is 1. The molecule has 0 atom stereocenters. The molecule has 1 aliphatic rings. The van der Waals surface area contributed by atoms with E-state index in [4.69, 9.17) is 27.9 Å².